The fraction of sp³-hybridized carbons (Fsp3) is 0.250. The maximum Gasteiger partial charge on any atom is 0.198 e. The van der Waals surface area contributed by atoms with Crippen LogP contribution < -0.4 is 4.90 Å². The van der Waals surface area contributed by atoms with E-state index in [1.807, 2.05) is 38.1 Å². The SMILES string of the molecule is CC(=Nc1ccc(N2CCOCC2)nc1)c1c(O)[nH]c2cnc(-c3cnccc3C)cc12. The molecule has 2 N–H and O–H groups in total. The summed E-state index contributed by atoms with van der Waals surface area (Å²) in [5.41, 5.74) is 5.66. The number of morpholine rings is 1. The topological polar surface area (TPSA) is 99.5 Å². The highest BCUT2D eigenvalue weighted by Gasteiger charge is 2.16. The van der Waals surface area contributed by atoms with Gasteiger partial charge in [-0.3, -0.25) is 15.0 Å². The number of pyridine rings is 3. The minimum atomic E-state index is 0.0704. The molecule has 0 aromatic carbocycles. The van der Waals surface area contributed by atoms with E-state index >= 15 is 0 Å². The third kappa shape index (κ3) is 3.80. The number of aryl methyl sites for hydroxylation is 1. The summed E-state index contributed by atoms with van der Waals surface area (Å²) in [5.74, 6) is 0.989. The van der Waals surface area contributed by atoms with E-state index in [1.165, 1.54) is 0 Å². The number of anilines is 1. The molecule has 1 aliphatic heterocycles. The Balaban J connectivity index is 1.49. The maximum atomic E-state index is 10.6. The zero-order valence-electron chi connectivity index (χ0n) is 18.0. The summed E-state index contributed by atoms with van der Waals surface area (Å²) in [6, 6.07) is 7.83. The molecule has 0 unspecified atom stereocenters. The Morgan fingerprint density at radius 1 is 1.12 bits per heavy atom. The van der Waals surface area contributed by atoms with Gasteiger partial charge in [-0.15, -0.1) is 0 Å². The van der Waals surface area contributed by atoms with Crippen molar-refractivity contribution in [3.8, 4) is 17.1 Å². The molecule has 162 valence electrons. The van der Waals surface area contributed by atoms with E-state index in [2.05, 4.69) is 24.8 Å². The van der Waals surface area contributed by atoms with E-state index in [1.54, 1.807) is 24.8 Å². The lowest BCUT2D eigenvalue weighted by molar-refractivity contribution is 0.122. The first-order valence-corrected chi connectivity index (χ1v) is 10.6. The molecule has 0 bridgehead atoms. The zero-order valence-corrected chi connectivity index (χ0v) is 18.0. The van der Waals surface area contributed by atoms with E-state index in [0.29, 0.717) is 11.3 Å². The Kier molecular flexibility index (Phi) is 5.28. The minimum absolute atomic E-state index is 0.0704. The first-order chi connectivity index (χ1) is 15.6. The zero-order chi connectivity index (χ0) is 22.1. The normalized spacial score (nSPS) is 14.8. The molecule has 0 atom stereocenters. The van der Waals surface area contributed by atoms with Crippen molar-refractivity contribution >= 4 is 28.1 Å². The smallest absolute Gasteiger partial charge is 0.198 e. The maximum absolute atomic E-state index is 10.6. The summed E-state index contributed by atoms with van der Waals surface area (Å²) in [7, 11) is 0. The molecule has 5 rings (SSSR count). The Morgan fingerprint density at radius 3 is 2.72 bits per heavy atom. The lowest BCUT2D eigenvalue weighted by Gasteiger charge is -2.27. The van der Waals surface area contributed by atoms with Gasteiger partial charge >= 0.3 is 0 Å². The molecule has 0 aliphatic carbocycles. The minimum Gasteiger partial charge on any atom is -0.494 e. The van der Waals surface area contributed by atoms with Crippen LogP contribution in [0.5, 0.6) is 5.88 Å². The molecule has 8 nitrogen and oxygen atoms in total. The molecule has 32 heavy (non-hydrogen) atoms. The Bertz CT molecular complexity index is 1290. The molecular formula is C24H24N6O2. The quantitative estimate of drug-likeness (QED) is 0.477. The van der Waals surface area contributed by atoms with Gasteiger partial charge in [-0.05, 0) is 43.7 Å². The number of ether oxygens (including phenoxy) is 1. The van der Waals surface area contributed by atoms with Crippen molar-refractivity contribution < 1.29 is 9.84 Å². The number of hydrogen-bond acceptors (Lipinski definition) is 7. The third-order valence-corrected chi connectivity index (χ3v) is 5.70. The number of H-pyrrole nitrogens is 1. The Morgan fingerprint density at radius 2 is 1.97 bits per heavy atom. The number of aromatic nitrogens is 4. The van der Waals surface area contributed by atoms with Crippen molar-refractivity contribution in [1.82, 2.24) is 19.9 Å². The predicted molar refractivity (Wildman–Crippen MR) is 125 cm³/mol. The van der Waals surface area contributed by atoms with Gasteiger partial charge in [0.2, 0.25) is 0 Å². The van der Waals surface area contributed by atoms with Crippen molar-refractivity contribution in [2.45, 2.75) is 13.8 Å². The lowest BCUT2D eigenvalue weighted by atomic mass is 10.0. The van der Waals surface area contributed by atoms with Crippen LogP contribution in [-0.2, 0) is 4.74 Å². The van der Waals surface area contributed by atoms with Crippen molar-refractivity contribution in [3.63, 3.8) is 0 Å². The second kappa shape index (κ2) is 8.39. The number of hydrogen-bond donors (Lipinski definition) is 2. The van der Waals surface area contributed by atoms with Crippen LogP contribution in [0.2, 0.25) is 0 Å². The van der Waals surface area contributed by atoms with Gasteiger partial charge in [-0.1, -0.05) is 0 Å². The van der Waals surface area contributed by atoms with Crippen molar-refractivity contribution in [3.05, 3.63) is 60.2 Å². The molecule has 1 aliphatic rings. The van der Waals surface area contributed by atoms with Crippen LogP contribution in [0.25, 0.3) is 22.2 Å². The lowest BCUT2D eigenvalue weighted by Crippen LogP contribution is -2.36. The number of nitrogens with zero attached hydrogens (tertiary/aromatic N) is 5. The largest absolute Gasteiger partial charge is 0.494 e. The summed E-state index contributed by atoms with van der Waals surface area (Å²) >= 11 is 0. The van der Waals surface area contributed by atoms with Crippen LogP contribution in [0, 0.1) is 6.92 Å². The summed E-state index contributed by atoms with van der Waals surface area (Å²) in [6.07, 6.45) is 7.05. The third-order valence-electron chi connectivity index (χ3n) is 5.70. The number of nitrogens with one attached hydrogen (secondary N) is 1. The van der Waals surface area contributed by atoms with Gasteiger partial charge in [0.25, 0.3) is 0 Å². The van der Waals surface area contributed by atoms with Crippen LogP contribution in [0.3, 0.4) is 0 Å². The number of aromatic amines is 1. The fourth-order valence-corrected chi connectivity index (χ4v) is 4.00. The van der Waals surface area contributed by atoms with Gasteiger partial charge in [-0.25, -0.2) is 4.98 Å². The first-order valence-electron chi connectivity index (χ1n) is 10.6. The number of rotatable bonds is 4. The second-order valence-corrected chi connectivity index (χ2v) is 7.83. The van der Waals surface area contributed by atoms with E-state index in [-0.39, 0.29) is 5.88 Å². The number of fused-ring (bicyclic) bond motifs is 1. The van der Waals surface area contributed by atoms with Gasteiger partial charge in [-0.2, -0.15) is 0 Å². The predicted octanol–water partition coefficient (Wildman–Crippen LogP) is 4.01. The van der Waals surface area contributed by atoms with Crippen LogP contribution in [0.1, 0.15) is 18.1 Å². The summed E-state index contributed by atoms with van der Waals surface area (Å²) in [5, 5.41) is 11.5. The van der Waals surface area contributed by atoms with Gasteiger partial charge < -0.3 is 19.7 Å². The average Bonchev–Trinajstić information content (AvgIpc) is 3.15. The molecule has 1 saturated heterocycles. The van der Waals surface area contributed by atoms with Gasteiger partial charge in [0.1, 0.15) is 5.82 Å². The summed E-state index contributed by atoms with van der Waals surface area (Å²) < 4.78 is 5.40. The van der Waals surface area contributed by atoms with Crippen LogP contribution in [0.15, 0.2) is 54.0 Å². The molecular weight excluding hydrogens is 404 g/mol. The van der Waals surface area contributed by atoms with Gasteiger partial charge in [0, 0.05) is 36.4 Å². The first kappa shape index (κ1) is 20.1. The molecule has 4 aromatic rings. The highest BCUT2D eigenvalue weighted by atomic mass is 16.5. The van der Waals surface area contributed by atoms with Gasteiger partial charge in [0.15, 0.2) is 5.88 Å². The number of aromatic hydroxyl groups is 1. The molecule has 0 radical (unpaired) electrons. The molecule has 8 heteroatoms. The van der Waals surface area contributed by atoms with Gasteiger partial charge in [0.05, 0.1) is 53.8 Å². The molecule has 4 aromatic heterocycles. The molecule has 1 fully saturated rings. The van der Waals surface area contributed by atoms with Crippen LogP contribution in [0.4, 0.5) is 11.5 Å². The summed E-state index contributed by atoms with van der Waals surface area (Å²) in [6.45, 7) is 7.02. The van der Waals surface area contributed by atoms with E-state index in [9.17, 15) is 5.11 Å². The Hall–Kier alpha value is -3.78. The fourth-order valence-electron chi connectivity index (χ4n) is 4.00. The standard InChI is InChI=1S/C24H24N6O2/c1-15-5-6-25-13-19(15)20-11-18-21(14-26-20)29-24(31)23(18)16(2)28-17-3-4-22(27-12-17)30-7-9-32-10-8-30/h3-6,11-14,29,31H,7-10H2,1-2H3. The van der Waals surface area contributed by atoms with E-state index in [0.717, 1.165) is 65.5 Å². The van der Waals surface area contributed by atoms with Crippen molar-refractivity contribution in [2.75, 3.05) is 31.2 Å². The van der Waals surface area contributed by atoms with E-state index < -0.39 is 0 Å². The second-order valence-electron chi connectivity index (χ2n) is 7.83. The average molecular weight is 428 g/mol. The molecule has 0 saturated carbocycles. The van der Waals surface area contributed by atoms with Crippen molar-refractivity contribution in [1.29, 1.82) is 0 Å². The monoisotopic (exact) mass is 428 g/mol. The Labute approximate surface area is 185 Å². The summed E-state index contributed by atoms with van der Waals surface area (Å²) in [4.78, 5) is 23.2. The highest BCUT2D eigenvalue weighted by Crippen LogP contribution is 2.32. The molecule has 0 spiro atoms. The number of aliphatic imine (C=N–C) groups is 1. The van der Waals surface area contributed by atoms with Crippen LogP contribution in [-0.4, -0.2) is 57.1 Å². The highest BCUT2D eigenvalue weighted by molar-refractivity contribution is 6.13. The molecule has 5 heterocycles. The van der Waals surface area contributed by atoms with E-state index in [4.69, 9.17) is 9.73 Å². The van der Waals surface area contributed by atoms with Crippen LogP contribution >= 0.6 is 0 Å². The van der Waals surface area contributed by atoms with Crippen molar-refractivity contribution in [2.24, 2.45) is 4.99 Å². The molecule has 0 amide bonds.